The molecule has 0 radical (unpaired) electrons. The Morgan fingerprint density at radius 3 is 2.68 bits per heavy atom. The summed E-state index contributed by atoms with van der Waals surface area (Å²) in [5.41, 5.74) is 1.81. The van der Waals surface area contributed by atoms with Crippen LogP contribution < -0.4 is 0 Å². The summed E-state index contributed by atoms with van der Waals surface area (Å²) < 4.78 is 7.09. The fourth-order valence-electron chi connectivity index (χ4n) is 3.18. The Kier molecular flexibility index (Phi) is 4.44. The fraction of sp³-hybridized carbons (Fsp3) is 0. The van der Waals surface area contributed by atoms with E-state index in [1.807, 2.05) is 48.6 Å². The Morgan fingerprint density at radius 1 is 0.857 bits per heavy atom. The van der Waals surface area contributed by atoms with E-state index in [2.05, 4.69) is 24.3 Å². The van der Waals surface area contributed by atoms with Crippen molar-refractivity contribution in [2.75, 3.05) is 0 Å². The number of fused-ring (bicyclic) bond motifs is 3. The average Bonchev–Trinajstić information content (AvgIpc) is 3.35. The zero-order chi connectivity index (χ0) is 19.1. The van der Waals surface area contributed by atoms with E-state index in [1.54, 1.807) is 17.4 Å². The lowest BCUT2D eigenvalue weighted by atomic mass is 10.1. The van der Waals surface area contributed by atoms with Gasteiger partial charge in [0, 0.05) is 10.9 Å². The van der Waals surface area contributed by atoms with Gasteiger partial charge in [-0.3, -0.25) is 0 Å². The third kappa shape index (κ3) is 3.12. The lowest BCUT2D eigenvalue weighted by molar-refractivity contribution is 0.572. The number of furan rings is 1. The van der Waals surface area contributed by atoms with E-state index in [4.69, 9.17) is 32.6 Å². The van der Waals surface area contributed by atoms with Crippen molar-refractivity contribution in [2.45, 2.75) is 0 Å². The largest absolute Gasteiger partial charge is 0.457 e. The molecule has 0 bridgehead atoms. The van der Waals surface area contributed by atoms with Gasteiger partial charge in [0.25, 0.3) is 0 Å². The van der Waals surface area contributed by atoms with Gasteiger partial charge in [-0.05, 0) is 47.9 Å². The average molecular weight is 422 g/mol. The third-order valence-corrected chi connectivity index (χ3v) is 6.34. The molecule has 2 aromatic heterocycles. The van der Waals surface area contributed by atoms with Gasteiger partial charge in [0.1, 0.15) is 16.5 Å². The zero-order valence-electron chi connectivity index (χ0n) is 14.5. The van der Waals surface area contributed by atoms with Gasteiger partial charge in [-0.15, -0.1) is 11.3 Å². The van der Waals surface area contributed by atoms with E-state index in [9.17, 15) is 0 Å². The van der Waals surface area contributed by atoms with Crippen LogP contribution in [0.15, 0.2) is 71.1 Å². The highest BCUT2D eigenvalue weighted by molar-refractivity contribution is 7.19. The molecule has 0 atom stereocenters. The highest BCUT2D eigenvalue weighted by Crippen LogP contribution is 2.35. The van der Waals surface area contributed by atoms with E-state index in [0.717, 1.165) is 21.8 Å². The van der Waals surface area contributed by atoms with Crippen molar-refractivity contribution >= 4 is 67.7 Å². The van der Waals surface area contributed by atoms with Gasteiger partial charge < -0.3 is 4.42 Å². The first-order chi connectivity index (χ1) is 13.7. The van der Waals surface area contributed by atoms with Crippen LogP contribution in [0.25, 0.3) is 44.5 Å². The zero-order valence-corrected chi connectivity index (χ0v) is 16.9. The van der Waals surface area contributed by atoms with E-state index in [-0.39, 0.29) is 0 Å². The van der Waals surface area contributed by atoms with Crippen molar-refractivity contribution in [3.63, 3.8) is 0 Å². The molecule has 0 saturated heterocycles. The van der Waals surface area contributed by atoms with E-state index in [1.165, 1.54) is 15.5 Å². The molecule has 0 aliphatic heterocycles. The highest BCUT2D eigenvalue weighted by atomic mass is 35.5. The molecule has 3 aromatic carbocycles. The highest BCUT2D eigenvalue weighted by Gasteiger charge is 2.10. The number of hydrogen-bond acceptors (Lipinski definition) is 3. The number of benzene rings is 3. The lowest BCUT2D eigenvalue weighted by Crippen LogP contribution is -1.77. The molecule has 0 amide bonds. The van der Waals surface area contributed by atoms with Gasteiger partial charge in [0.05, 0.1) is 20.3 Å². The molecule has 28 heavy (non-hydrogen) atoms. The van der Waals surface area contributed by atoms with Crippen molar-refractivity contribution in [1.82, 2.24) is 4.98 Å². The summed E-state index contributed by atoms with van der Waals surface area (Å²) >= 11 is 14.0. The summed E-state index contributed by atoms with van der Waals surface area (Å²) in [4.78, 5) is 4.80. The van der Waals surface area contributed by atoms with Crippen LogP contribution in [0.2, 0.25) is 10.0 Å². The smallest absolute Gasteiger partial charge is 0.136 e. The quantitative estimate of drug-likeness (QED) is 0.293. The van der Waals surface area contributed by atoms with Crippen LogP contribution in [0.3, 0.4) is 0 Å². The van der Waals surface area contributed by atoms with Crippen LogP contribution >= 0.6 is 34.5 Å². The molecule has 0 N–H and O–H groups in total. The Balaban J connectivity index is 1.47. The van der Waals surface area contributed by atoms with Crippen LogP contribution in [0, 0.1) is 0 Å². The number of hydrogen-bond donors (Lipinski definition) is 0. The number of halogens is 2. The first-order valence-electron chi connectivity index (χ1n) is 8.70. The van der Waals surface area contributed by atoms with E-state index >= 15 is 0 Å². The van der Waals surface area contributed by atoms with Crippen molar-refractivity contribution in [3.05, 3.63) is 87.5 Å². The summed E-state index contributed by atoms with van der Waals surface area (Å²) in [5, 5.41) is 4.31. The first-order valence-corrected chi connectivity index (χ1v) is 10.3. The molecule has 5 rings (SSSR count). The van der Waals surface area contributed by atoms with Crippen molar-refractivity contribution in [3.8, 4) is 11.3 Å². The van der Waals surface area contributed by atoms with Crippen LogP contribution in [0.1, 0.15) is 10.8 Å². The molecule has 0 saturated carbocycles. The fourth-order valence-corrected chi connectivity index (χ4v) is 4.46. The van der Waals surface area contributed by atoms with Gasteiger partial charge in [-0.25, -0.2) is 4.98 Å². The van der Waals surface area contributed by atoms with Gasteiger partial charge in [-0.2, -0.15) is 0 Å². The van der Waals surface area contributed by atoms with Gasteiger partial charge in [-0.1, -0.05) is 59.6 Å². The summed E-state index contributed by atoms with van der Waals surface area (Å²) in [6.07, 6.45) is 3.89. The Morgan fingerprint density at radius 2 is 1.75 bits per heavy atom. The molecule has 0 unspecified atom stereocenters. The Bertz CT molecular complexity index is 1350. The molecule has 0 aliphatic rings. The predicted molar refractivity (Wildman–Crippen MR) is 120 cm³/mol. The van der Waals surface area contributed by atoms with E-state index < -0.39 is 0 Å². The second kappa shape index (κ2) is 7.10. The van der Waals surface area contributed by atoms with Gasteiger partial charge in [0.2, 0.25) is 0 Å². The molecule has 5 aromatic rings. The minimum atomic E-state index is 0.493. The molecule has 136 valence electrons. The normalized spacial score (nSPS) is 11.8. The third-order valence-electron chi connectivity index (χ3n) is 4.53. The number of thiazole rings is 1. The van der Waals surface area contributed by atoms with Crippen LogP contribution in [-0.2, 0) is 0 Å². The summed E-state index contributed by atoms with van der Waals surface area (Å²) in [6.45, 7) is 0. The maximum absolute atomic E-state index is 6.28. The molecule has 5 heteroatoms. The number of rotatable bonds is 3. The second-order valence-electron chi connectivity index (χ2n) is 6.32. The monoisotopic (exact) mass is 421 g/mol. The minimum Gasteiger partial charge on any atom is -0.457 e. The van der Waals surface area contributed by atoms with Crippen molar-refractivity contribution in [1.29, 1.82) is 0 Å². The summed E-state index contributed by atoms with van der Waals surface area (Å²) in [5.74, 6) is 1.41. The molecular formula is C23H13Cl2NOS. The van der Waals surface area contributed by atoms with Gasteiger partial charge >= 0.3 is 0 Å². The molecular weight excluding hydrogens is 409 g/mol. The summed E-state index contributed by atoms with van der Waals surface area (Å²) in [7, 11) is 0. The maximum atomic E-state index is 6.28. The first kappa shape index (κ1) is 17.5. The predicted octanol–water partition coefficient (Wildman–Crippen LogP) is 8.19. The molecule has 0 fully saturated rings. The lowest BCUT2D eigenvalue weighted by Gasteiger charge is -2.01. The number of nitrogens with zero attached hydrogens (tertiary/aromatic N) is 1. The Labute approximate surface area is 175 Å². The minimum absolute atomic E-state index is 0.493. The van der Waals surface area contributed by atoms with Crippen LogP contribution in [0.5, 0.6) is 0 Å². The second-order valence-corrected chi connectivity index (χ2v) is 8.17. The number of aromatic nitrogens is 1. The van der Waals surface area contributed by atoms with Crippen molar-refractivity contribution < 1.29 is 4.42 Å². The molecule has 0 aliphatic carbocycles. The Hall–Kier alpha value is -2.59. The van der Waals surface area contributed by atoms with Gasteiger partial charge in [0.15, 0.2) is 0 Å². The van der Waals surface area contributed by atoms with Crippen LogP contribution in [0.4, 0.5) is 0 Å². The maximum Gasteiger partial charge on any atom is 0.136 e. The standard InChI is InChI=1S/C23H13Cl2NOS/c24-18-7-3-6-17(22(18)25)19-11-9-15(27-19)10-13-21-26-23-16-5-2-1-4-14(16)8-12-20(23)28-21/h1-13H. The topological polar surface area (TPSA) is 26.0 Å². The van der Waals surface area contributed by atoms with Crippen LogP contribution in [-0.4, -0.2) is 4.98 Å². The van der Waals surface area contributed by atoms with E-state index in [0.29, 0.717) is 15.8 Å². The molecule has 0 spiro atoms. The SMILES string of the molecule is Clc1cccc(-c2ccc(C=Cc3nc4c(ccc5ccccc54)s3)o2)c1Cl. The summed E-state index contributed by atoms with van der Waals surface area (Å²) in [6, 6.07) is 21.9. The van der Waals surface area contributed by atoms with Crippen molar-refractivity contribution in [2.24, 2.45) is 0 Å². The molecule has 2 heterocycles. The molecule has 2 nitrogen and oxygen atoms in total.